The summed E-state index contributed by atoms with van der Waals surface area (Å²) in [6.07, 6.45) is 0.704. The van der Waals surface area contributed by atoms with Gasteiger partial charge in [0.2, 0.25) is 10.0 Å². The molecule has 0 radical (unpaired) electrons. The number of ether oxygens (including phenoxy) is 1. The first-order chi connectivity index (χ1) is 10.4. The zero-order valence-electron chi connectivity index (χ0n) is 12.8. The highest BCUT2D eigenvalue weighted by Crippen LogP contribution is 2.27. The maximum atomic E-state index is 12.6. The number of piperidine rings is 1. The summed E-state index contributed by atoms with van der Waals surface area (Å²) in [6.45, 7) is 4.68. The van der Waals surface area contributed by atoms with Crippen LogP contribution in [0.3, 0.4) is 0 Å². The van der Waals surface area contributed by atoms with Crippen LogP contribution in [-0.2, 0) is 14.8 Å². The zero-order valence-corrected chi connectivity index (χ0v) is 13.6. The average Bonchev–Trinajstić information content (AvgIpc) is 2.49. The molecule has 0 aliphatic carbocycles. The molecule has 0 atom stereocenters. The van der Waals surface area contributed by atoms with Gasteiger partial charge in [0.1, 0.15) is 5.75 Å². The summed E-state index contributed by atoms with van der Waals surface area (Å²) in [5.74, 6) is -0.631. The predicted octanol–water partition coefficient (Wildman–Crippen LogP) is 1.88. The number of hydrogen-bond acceptors (Lipinski definition) is 4. The van der Waals surface area contributed by atoms with Crippen molar-refractivity contribution < 1.29 is 23.1 Å². The average molecular weight is 327 g/mol. The molecular weight excluding hydrogens is 306 g/mol. The van der Waals surface area contributed by atoms with Gasteiger partial charge in [0.05, 0.1) is 17.4 Å². The number of carbonyl (C=O) groups is 1. The lowest BCUT2D eigenvalue weighted by Gasteiger charge is -2.29. The van der Waals surface area contributed by atoms with Gasteiger partial charge in [-0.1, -0.05) is 0 Å². The Morgan fingerprint density at radius 1 is 1.36 bits per heavy atom. The Hall–Kier alpha value is -1.60. The molecule has 1 aliphatic heterocycles. The number of nitrogens with zero attached hydrogens (tertiary/aromatic N) is 1. The van der Waals surface area contributed by atoms with E-state index in [0.29, 0.717) is 25.2 Å². The lowest BCUT2D eigenvalue weighted by molar-refractivity contribution is -0.142. The number of aliphatic carboxylic acids is 1. The molecule has 1 fully saturated rings. The van der Waals surface area contributed by atoms with Crippen molar-refractivity contribution in [1.82, 2.24) is 4.31 Å². The normalized spacial score (nSPS) is 17.4. The van der Waals surface area contributed by atoms with Crippen LogP contribution in [0, 0.1) is 12.8 Å². The van der Waals surface area contributed by atoms with Gasteiger partial charge >= 0.3 is 5.97 Å². The molecule has 1 aliphatic rings. The third-order valence-corrected chi connectivity index (χ3v) is 5.78. The molecular formula is C15H21NO5S. The molecule has 6 nitrogen and oxygen atoms in total. The molecule has 22 heavy (non-hydrogen) atoms. The second kappa shape index (κ2) is 6.66. The Balaban J connectivity index is 2.17. The summed E-state index contributed by atoms with van der Waals surface area (Å²) in [6, 6.07) is 4.80. The quantitative estimate of drug-likeness (QED) is 0.892. The molecule has 1 aromatic rings. The van der Waals surface area contributed by atoms with E-state index in [4.69, 9.17) is 9.84 Å². The van der Waals surface area contributed by atoms with Crippen molar-refractivity contribution in [2.24, 2.45) is 5.92 Å². The minimum absolute atomic E-state index is 0.224. The number of benzene rings is 1. The molecule has 1 N–H and O–H groups in total. The zero-order chi connectivity index (χ0) is 16.3. The van der Waals surface area contributed by atoms with Crippen LogP contribution in [-0.4, -0.2) is 43.5 Å². The number of carboxylic acids is 1. The van der Waals surface area contributed by atoms with E-state index in [1.165, 1.54) is 10.4 Å². The lowest BCUT2D eigenvalue weighted by atomic mass is 9.99. The van der Waals surface area contributed by atoms with E-state index in [9.17, 15) is 13.2 Å². The van der Waals surface area contributed by atoms with Gasteiger partial charge in [0.25, 0.3) is 0 Å². The molecule has 2 rings (SSSR count). The predicted molar refractivity (Wildman–Crippen MR) is 81.5 cm³/mol. The van der Waals surface area contributed by atoms with E-state index in [1.807, 2.05) is 6.92 Å². The van der Waals surface area contributed by atoms with E-state index < -0.39 is 21.9 Å². The van der Waals surface area contributed by atoms with Crippen molar-refractivity contribution in [3.8, 4) is 5.75 Å². The third-order valence-electron chi connectivity index (χ3n) is 3.89. The minimum Gasteiger partial charge on any atom is -0.494 e. The summed E-state index contributed by atoms with van der Waals surface area (Å²) < 4.78 is 32.0. The summed E-state index contributed by atoms with van der Waals surface area (Å²) in [5.41, 5.74) is 0.767. The van der Waals surface area contributed by atoms with Crippen LogP contribution in [0.15, 0.2) is 23.1 Å². The Bertz CT molecular complexity index is 648. The Morgan fingerprint density at radius 2 is 2.00 bits per heavy atom. The number of carboxylic acid groups (broad SMARTS) is 1. The van der Waals surface area contributed by atoms with Crippen molar-refractivity contribution in [1.29, 1.82) is 0 Å². The molecule has 1 heterocycles. The van der Waals surface area contributed by atoms with Gasteiger partial charge in [-0.3, -0.25) is 4.79 Å². The van der Waals surface area contributed by atoms with Crippen LogP contribution in [0.2, 0.25) is 0 Å². The van der Waals surface area contributed by atoms with Gasteiger partial charge in [-0.25, -0.2) is 8.42 Å². The smallest absolute Gasteiger partial charge is 0.306 e. The Labute approximate surface area is 130 Å². The first-order valence-electron chi connectivity index (χ1n) is 7.32. The molecule has 0 amide bonds. The van der Waals surface area contributed by atoms with Crippen molar-refractivity contribution in [2.75, 3.05) is 19.7 Å². The van der Waals surface area contributed by atoms with Crippen LogP contribution in [0.25, 0.3) is 0 Å². The number of rotatable bonds is 5. The highest BCUT2D eigenvalue weighted by molar-refractivity contribution is 7.89. The SMILES string of the molecule is CCOc1ccc(S(=O)(=O)N2CCC(C(=O)O)CC2)cc1C. The number of hydrogen-bond donors (Lipinski definition) is 1. The molecule has 1 aromatic carbocycles. The maximum absolute atomic E-state index is 12.6. The molecule has 1 saturated heterocycles. The van der Waals surface area contributed by atoms with Gasteiger partial charge < -0.3 is 9.84 Å². The first-order valence-corrected chi connectivity index (χ1v) is 8.76. The van der Waals surface area contributed by atoms with Gasteiger partial charge in [-0.15, -0.1) is 0 Å². The second-order valence-electron chi connectivity index (χ2n) is 5.38. The molecule has 0 spiro atoms. The van der Waals surface area contributed by atoms with Crippen molar-refractivity contribution in [3.63, 3.8) is 0 Å². The van der Waals surface area contributed by atoms with Crippen LogP contribution < -0.4 is 4.74 Å². The molecule has 0 saturated carbocycles. The van der Waals surface area contributed by atoms with Crippen LogP contribution in [0.5, 0.6) is 5.75 Å². The van der Waals surface area contributed by atoms with Gasteiger partial charge in [0, 0.05) is 13.1 Å². The summed E-state index contributed by atoms with van der Waals surface area (Å²) >= 11 is 0. The number of sulfonamides is 1. The molecule has 122 valence electrons. The molecule has 0 aromatic heterocycles. The third kappa shape index (κ3) is 3.41. The monoisotopic (exact) mass is 327 g/mol. The fourth-order valence-electron chi connectivity index (χ4n) is 2.59. The van der Waals surface area contributed by atoms with Crippen molar-refractivity contribution in [2.45, 2.75) is 31.6 Å². The molecule has 0 bridgehead atoms. The highest BCUT2D eigenvalue weighted by Gasteiger charge is 2.32. The highest BCUT2D eigenvalue weighted by atomic mass is 32.2. The largest absolute Gasteiger partial charge is 0.494 e. The van der Waals surface area contributed by atoms with Crippen molar-refractivity contribution >= 4 is 16.0 Å². The lowest BCUT2D eigenvalue weighted by Crippen LogP contribution is -2.40. The van der Waals surface area contributed by atoms with Crippen LogP contribution in [0.1, 0.15) is 25.3 Å². The maximum Gasteiger partial charge on any atom is 0.306 e. The van der Waals surface area contributed by atoms with E-state index in [2.05, 4.69) is 0 Å². The number of aryl methyl sites for hydroxylation is 1. The van der Waals surface area contributed by atoms with E-state index >= 15 is 0 Å². The fourth-order valence-corrected chi connectivity index (χ4v) is 4.15. The second-order valence-corrected chi connectivity index (χ2v) is 7.31. The Morgan fingerprint density at radius 3 is 2.50 bits per heavy atom. The fraction of sp³-hybridized carbons (Fsp3) is 0.533. The van der Waals surface area contributed by atoms with Crippen LogP contribution in [0.4, 0.5) is 0 Å². The van der Waals surface area contributed by atoms with Gasteiger partial charge in [0.15, 0.2) is 0 Å². The van der Waals surface area contributed by atoms with E-state index in [1.54, 1.807) is 19.1 Å². The summed E-state index contributed by atoms with van der Waals surface area (Å²) in [7, 11) is -3.58. The summed E-state index contributed by atoms with van der Waals surface area (Å²) in [4.78, 5) is 11.2. The van der Waals surface area contributed by atoms with E-state index in [-0.39, 0.29) is 18.0 Å². The minimum atomic E-state index is -3.58. The van der Waals surface area contributed by atoms with Gasteiger partial charge in [-0.2, -0.15) is 4.31 Å². The Kier molecular flexibility index (Phi) is 5.08. The van der Waals surface area contributed by atoms with E-state index in [0.717, 1.165) is 5.56 Å². The van der Waals surface area contributed by atoms with Gasteiger partial charge in [-0.05, 0) is 50.5 Å². The summed E-state index contributed by atoms with van der Waals surface area (Å²) in [5, 5.41) is 8.98. The standard InChI is InChI=1S/C15H21NO5S/c1-3-21-14-5-4-13(10-11(14)2)22(19,20)16-8-6-12(7-9-16)15(17)18/h4-5,10,12H,3,6-9H2,1-2H3,(H,17,18). The molecule has 0 unspecified atom stereocenters. The molecule has 7 heteroatoms. The topological polar surface area (TPSA) is 83.9 Å². The first kappa shape index (κ1) is 16.8. The van der Waals surface area contributed by atoms with Crippen molar-refractivity contribution in [3.05, 3.63) is 23.8 Å². The van der Waals surface area contributed by atoms with Crippen LogP contribution >= 0.6 is 0 Å².